The number of phosphoric acid groups is 2. The Kier molecular flexibility index (Phi) is 78.2. The predicted molar refractivity (Wildman–Crippen MR) is 437 cm³/mol. The molecule has 0 aromatic rings. The molecule has 0 rings (SSSR count). The molecular formula is C87H170O17P2. The number of esters is 4. The van der Waals surface area contributed by atoms with Crippen molar-refractivity contribution in [2.75, 3.05) is 39.6 Å². The number of rotatable bonds is 87. The molecule has 0 spiro atoms. The first-order valence-corrected chi connectivity index (χ1v) is 48.2. The van der Waals surface area contributed by atoms with Gasteiger partial charge in [0.2, 0.25) is 0 Å². The van der Waals surface area contributed by atoms with E-state index >= 15 is 0 Å². The topological polar surface area (TPSA) is 237 Å². The molecule has 0 fully saturated rings. The molecule has 0 aliphatic heterocycles. The van der Waals surface area contributed by atoms with Crippen LogP contribution in [0.4, 0.5) is 0 Å². The standard InChI is InChI=1S/C87H170O17P2/c1-6-10-13-16-19-22-25-27-28-29-30-31-32-36-39-43-46-51-56-61-66-71-85(90)98-77-83(104-87(92)73-68-63-58-53-48-44-40-37-34-33-35-38-42-45-49-54-59-64-69-80(5)9-4)79-102-106(95,96)100-75-81(88)74-99-105(93,94)101-78-82(76-97-84(89)70-65-60-55-50-24-21-18-15-12-8-3)103-86(91)72-67-62-57-52-47-41-26-23-20-17-14-11-7-2/h80-83,88H,6-79H2,1-5H3,(H,93,94)(H,95,96)/t80?,81-,82+,83+/m0/s1. The summed E-state index contributed by atoms with van der Waals surface area (Å²) in [5.41, 5.74) is 0. The van der Waals surface area contributed by atoms with Gasteiger partial charge in [-0.2, -0.15) is 0 Å². The Labute approximate surface area is 651 Å². The highest BCUT2D eigenvalue weighted by molar-refractivity contribution is 7.47. The van der Waals surface area contributed by atoms with Gasteiger partial charge in [-0.05, 0) is 31.6 Å². The third-order valence-corrected chi connectivity index (χ3v) is 22.8. The average Bonchev–Trinajstić information content (AvgIpc) is 0.900. The van der Waals surface area contributed by atoms with E-state index in [2.05, 4.69) is 34.6 Å². The molecule has 0 aromatic carbocycles. The molecule has 0 aliphatic carbocycles. The lowest BCUT2D eigenvalue weighted by atomic mass is 9.99. The van der Waals surface area contributed by atoms with E-state index in [0.717, 1.165) is 95.8 Å². The Balaban J connectivity index is 5.20. The van der Waals surface area contributed by atoms with Crippen LogP contribution in [-0.2, 0) is 65.4 Å². The van der Waals surface area contributed by atoms with E-state index < -0.39 is 97.5 Å². The maximum atomic E-state index is 13.2. The molecule has 19 heteroatoms. The quantitative estimate of drug-likeness (QED) is 0.0222. The van der Waals surface area contributed by atoms with Crippen molar-refractivity contribution in [2.45, 2.75) is 490 Å². The average molecular weight is 1550 g/mol. The molecule has 3 N–H and O–H groups in total. The van der Waals surface area contributed by atoms with Crippen LogP contribution in [0.5, 0.6) is 0 Å². The van der Waals surface area contributed by atoms with Crippen molar-refractivity contribution >= 4 is 39.5 Å². The maximum absolute atomic E-state index is 13.2. The number of carbonyl (C=O) groups excluding carboxylic acids is 4. The number of carbonyl (C=O) groups is 4. The minimum Gasteiger partial charge on any atom is -0.462 e. The van der Waals surface area contributed by atoms with E-state index in [4.69, 9.17) is 37.0 Å². The lowest BCUT2D eigenvalue weighted by Gasteiger charge is -2.21. The predicted octanol–water partition coefficient (Wildman–Crippen LogP) is 26.8. The summed E-state index contributed by atoms with van der Waals surface area (Å²) in [7, 11) is -9.92. The maximum Gasteiger partial charge on any atom is 0.472 e. The van der Waals surface area contributed by atoms with Crippen molar-refractivity contribution in [3.05, 3.63) is 0 Å². The minimum absolute atomic E-state index is 0.108. The molecule has 3 unspecified atom stereocenters. The largest absolute Gasteiger partial charge is 0.472 e. The van der Waals surface area contributed by atoms with E-state index in [0.29, 0.717) is 25.7 Å². The summed E-state index contributed by atoms with van der Waals surface area (Å²) in [6.45, 7) is 7.42. The summed E-state index contributed by atoms with van der Waals surface area (Å²) in [6, 6.07) is 0. The highest BCUT2D eigenvalue weighted by Crippen LogP contribution is 2.45. The Hall–Kier alpha value is -1.94. The van der Waals surface area contributed by atoms with Gasteiger partial charge in [-0.15, -0.1) is 0 Å². The zero-order valence-electron chi connectivity index (χ0n) is 69.6. The monoisotopic (exact) mass is 1550 g/mol. The molecule has 106 heavy (non-hydrogen) atoms. The van der Waals surface area contributed by atoms with Gasteiger partial charge in [0.05, 0.1) is 26.4 Å². The number of aliphatic hydroxyl groups excluding tert-OH is 1. The number of ether oxygens (including phenoxy) is 4. The summed E-state index contributed by atoms with van der Waals surface area (Å²) >= 11 is 0. The van der Waals surface area contributed by atoms with Crippen LogP contribution in [0.1, 0.15) is 471 Å². The summed E-state index contributed by atoms with van der Waals surface area (Å²) in [4.78, 5) is 73.2. The van der Waals surface area contributed by atoms with Crippen LogP contribution in [-0.4, -0.2) is 96.7 Å². The zero-order chi connectivity index (χ0) is 77.6. The SMILES string of the molecule is CCCCCCCCCCCCCCCCCCCCCCCC(=O)OC[C@H](COP(=O)(O)OC[C@@H](O)COP(=O)(O)OC[C@@H](COC(=O)CCCCCCCCCCCC)OC(=O)CCCCCCCCCCCCCCC)OC(=O)CCCCCCCCCCCCCCCCCCCCC(C)CC. The van der Waals surface area contributed by atoms with Crippen molar-refractivity contribution < 1.29 is 80.2 Å². The van der Waals surface area contributed by atoms with Gasteiger partial charge in [-0.1, -0.05) is 420 Å². The van der Waals surface area contributed by atoms with Crippen LogP contribution in [0.2, 0.25) is 0 Å². The second-order valence-electron chi connectivity index (χ2n) is 31.5. The molecule has 0 aromatic heterocycles. The van der Waals surface area contributed by atoms with Crippen molar-refractivity contribution in [2.24, 2.45) is 5.92 Å². The Morgan fingerprint density at radius 3 is 0.670 bits per heavy atom. The molecule has 630 valence electrons. The van der Waals surface area contributed by atoms with Gasteiger partial charge in [-0.25, -0.2) is 9.13 Å². The Morgan fingerprint density at radius 2 is 0.453 bits per heavy atom. The second kappa shape index (κ2) is 79.7. The highest BCUT2D eigenvalue weighted by Gasteiger charge is 2.30. The van der Waals surface area contributed by atoms with E-state index in [1.807, 2.05) is 0 Å². The first-order chi connectivity index (χ1) is 51.6. The fraction of sp³-hybridized carbons (Fsp3) is 0.954. The molecule has 0 bridgehead atoms. The molecule has 0 heterocycles. The molecule has 0 amide bonds. The number of unbranched alkanes of at least 4 members (excludes halogenated alkanes) is 58. The van der Waals surface area contributed by atoms with Gasteiger partial charge in [-0.3, -0.25) is 37.3 Å². The number of aliphatic hydroxyl groups is 1. The third kappa shape index (κ3) is 78.7. The third-order valence-electron chi connectivity index (χ3n) is 20.9. The fourth-order valence-electron chi connectivity index (χ4n) is 13.6. The van der Waals surface area contributed by atoms with Gasteiger partial charge in [0, 0.05) is 25.7 Å². The van der Waals surface area contributed by atoms with Crippen LogP contribution < -0.4 is 0 Å². The minimum atomic E-state index is -4.97. The van der Waals surface area contributed by atoms with Crippen molar-refractivity contribution in [1.29, 1.82) is 0 Å². The summed E-state index contributed by atoms with van der Waals surface area (Å²) in [5, 5.41) is 10.7. The van der Waals surface area contributed by atoms with Gasteiger partial charge in [0.25, 0.3) is 0 Å². The van der Waals surface area contributed by atoms with Crippen LogP contribution in [0.15, 0.2) is 0 Å². The lowest BCUT2D eigenvalue weighted by Crippen LogP contribution is -2.30. The van der Waals surface area contributed by atoms with Crippen LogP contribution in [0, 0.1) is 5.92 Å². The van der Waals surface area contributed by atoms with E-state index in [9.17, 15) is 43.2 Å². The van der Waals surface area contributed by atoms with Gasteiger partial charge < -0.3 is 33.8 Å². The van der Waals surface area contributed by atoms with Crippen molar-refractivity contribution in [3.8, 4) is 0 Å². The number of hydrogen-bond donors (Lipinski definition) is 3. The zero-order valence-corrected chi connectivity index (χ0v) is 71.4. The highest BCUT2D eigenvalue weighted by atomic mass is 31.2. The molecule has 6 atom stereocenters. The number of phosphoric ester groups is 2. The second-order valence-corrected chi connectivity index (χ2v) is 34.4. The summed E-state index contributed by atoms with van der Waals surface area (Å²) in [5.74, 6) is -1.23. The fourth-order valence-corrected chi connectivity index (χ4v) is 15.2. The Bertz CT molecular complexity index is 2020. The van der Waals surface area contributed by atoms with E-state index in [-0.39, 0.29) is 25.7 Å². The van der Waals surface area contributed by atoms with Gasteiger partial charge in [0.1, 0.15) is 19.3 Å². The molecule has 17 nitrogen and oxygen atoms in total. The first-order valence-electron chi connectivity index (χ1n) is 45.2. The molecular weight excluding hydrogens is 1380 g/mol. The molecule has 0 radical (unpaired) electrons. The van der Waals surface area contributed by atoms with Gasteiger partial charge in [0.15, 0.2) is 12.2 Å². The lowest BCUT2D eigenvalue weighted by molar-refractivity contribution is -0.161. The van der Waals surface area contributed by atoms with E-state index in [1.165, 1.54) is 295 Å². The first kappa shape index (κ1) is 104. The van der Waals surface area contributed by atoms with Crippen molar-refractivity contribution in [3.63, 3.8) is 0 Å². The van der Waals surface area contributed by atoms with Crippen LogP contribution >= 0.6 is 15.6 Å². The van der Waals surface area contributed by atoms with Crippen LogP contribution in [0.25, 0.3) is 0 Å². The summed E-state index contributed by atoms with van der Waals surface area (Å²) < 4.78 is 68.9. The van der Waals surface area contributed by atoms with E-state index in [1.54, 1.807) is 0 Å². The van der Waals surface area contributed by atoms with Crippen molar-refractivity contribution in [1.82, 2.24) is 0 Å². The molecule has 0 saturated heterocycles. The summed E-state index contributed by atoms with van der Waals surface area (Å²) in [6.07, 6.45) is 73.6. The van der Waals surface area contributed by atoms with Gasteiger partial charge >= 0.3 is 39.5 Å². The Morgan fingerprint density at radius 1 is 0.264 bits per heavy atom. The molecule has 0 aliphatic rings. The molecule has 0 saturated carbocycles. The normalized spacial score (nSPS) is 14.0. The number of hydrogen-bond acceptors (Lipinski definition) is 15. The smallest absolute Gasteiger partial charge is 0.462 e. The van der Waals surface area contributed by atoms with Crippen LogP contribution in [0.3, 0.4) is 0 Å².